The number of ether oxygens (including phenoxy) is 2. The molecule has 10 nitrogen and oxygen atoms in total. The van der Waals surface area contributed by atoms with Gasteiger partial charge in [-0.15, -0.1) is 0 Å². The molecule has 5 aromatic rings. The lowest BCUT2D eigenvalue weighted by Crippen LogP contribution is -2.36. The molecule has 0 bridgehead atoms. The largest absolute Gasteiger partial charge is 0.457 e. The van der Waals surface area contributed by atoms with Crippen molar-refractivity contribution >= 4 is 44.1 Å². The Morgan fingerprint density at radius 1 is 1.08 bits per heavy atom. The van der Waals surface area contributed by atoms with E-state index in [1.807, 2.05) is 25.4 Å². The number of hydrogen-bond acceptors (Lipinski definition) is 8. The van der Waals surface area contributed by atoms with Gasteiger partial charge < -0.3 is 19.7 Å². The predicted molar refractivity (Wildman–Crippen MR) is 148 cm³/mol. The molecule has 0 saturated carbocycles. The molecule has 0 aliphatic carbocycles. The van der Waals surface area contributed by atoms with Crippen LogP contribution in [-0.4, -0.2) is 52.1 Å². The number of aryl methyl sites for hydroxylation is 1. The Kier molecular flexibility index (Phi) is 6.78. The van der Waals surface area contributed by atoms with Gasteiger partial charge in [-0.1, -0.05) is 11.3 Å². The number of amides is 2. The smallest absolute Gasteiger partial charge is 0.325 e. The first-order valence-electron chi connectivity index (χ1n) is 12.2. The summed E-state index contributed by atoms with van der Waals surface area (Å²) in [4.78, 5) is 23.6. The number of carbonyl (C=O) groups is 1. The highest BCUT2D eigenvalue weighted by molar-refractivity contribution is 7.22. The van der Waals surface area contributed by atoms with Crippen LogP contribution in [0.1, 0.15) is 0 Å². The van der Waals surface area contributed by atoms with Crippen LogP contribution in [0.2, 0.25) is 0 Å². The monoisotopic (exact) mass is 545 g/mol. The maximum absolute atomic E-state index is 14.8. The third kappa shape index (κ3) is 5.66. The zero-order valence-electron chi connectivity index (χ0n) is 20.9. The molecule has 6 rings (SSSR count). The molecule has 198 valence electrons. The summed E-state index contributed by atoms with van der Waals surface area (Å²) in [6, 6.07) is 13.1. The number of nitrogens with zero attached hydrogens (tertiary/aromatic N) is 5. The molecule has 0 unspecified atom stereocenters. The topological polar surface area (TPSA) is 106 Å². The Morgan fingerprint density at radius 2 is 1.92 bits per heavy atom. The molecule has 12 heteroatoms. The maximum Gasteiger partial charge on any atom is 0.325 e. The van der Waals surface area contributed by atoms with Gasteiger partial charge in [0.05, 0.1) is 41.0 Å². The summed E-state index contributed by atoms with van der Waals surface area (Å²) in [5.74, 6) is 0.141. The second-order valence-electron chi connectivity index (χ2n) is 8.87. The van der Waals surface area contributed by atoms with Crippen LogP contribution in [0.3, 0.4) is 0 Å². The van der Waals surface area contributed by atoms with Crippen LogP contribution in [-0.2, 0) is 11.8 Å². The van der Waals surface area contributed by atoms with Gasteiger partial charge in [-0.3, -0.25) is 15.0 Å². The van der Waals surface area contributed by atoms with Crippen molar-refractivity contribution in [2.24, 2.45) is 7.05 Å². The van der Waals surface area contributed by atoms with E-state index in [-0.39, 0.29) is 11.4 Å². The van der Waals surface area contributed by atoms with Crippen LogP contribution in [0.15, 0.2) is 67.1 Å². The first-order valence-corrected chi connectivity index (χ1v) is 13.1. The van der Waals surface area contributed by atoms with Gasteiger partial charge in [0.15, 0.2) is 5.13 Å². The van der Waals surface area contributed by atoms with Crippen molar-refractivity contribution in [2.75, 3.05) is 41.8 Å². The molecule has 2 N–H and O–H groups in total. The molecule has 4 heterocycles. The fourth-order valence-corrected chi connectivity index (χ4v) is 5.11. The fourth-order valence-electron chi connectivity index (χ4n) is 4.22. The number of aromatic nitrogens is 4. The van der Waals surface area contributed by atoms with Crippen molar-refractivity contribution < 1.29 is 18.7 Å². The predicted octanol–water partition coefficient (Wildman–Crippen LogP) is 5.50. The van der Waals surface area contributed by atoms with Crippen LogP contribution in [0.5, 0.6) is 11.5 Å². The summed E-state index contributed by atoms with van der Waals surface area (Å²) in [5, 5.41) is 9.80. The van der Waals surface area contributed by atoms with E-state index in [4.69, 9.17) is 9.47 Å². The third-order valence-corrected chi connectivity index (χ3v) is 7.06. The number of thiazole rings is 1. The summed E-state index contributed by atoms with van der Waals surface area (Å²) >= 11 is 1.36. The zero-order valence-corrected chi connectivity index (χ0v) is 21.7. The van der Waals surface area contributed by atoms with Gasteiger partial charge in [0, 0.05) is 55.9 Å². The van der Waals surface area contributed by atoms with Gasteiger partial charge in [-0.25, -0.2) is 14.2 Å². The van der Waals surface area contributed by atoms with E-state index in [1.54, 1.807) is 35.3 Å². The summed E-state index contributed by atoms with van der Waals surface area (Å²) < 4.78 is 28.7. The lowest BCUT2D eigenvalue weighted by atomic mass is 10.2. The van der Waals surface area contributed by atoms with Crippen molar-refractivity contribution in [3.8, 4) is 22.8 Å². The Morgan fingerprint density at radius 3 is 2.72 bits per heavy atom. The molecule has 1 saturated heterocycles. The number of benzene rings is 2. The van der Waals surface area contributed by atoms with E-state index < -0.39 is 11.8 Å². The Bertz CT molecular complexity index is 1650. The Labute approximate surface area is 227 Å². The first kappa shape index (κ1) is 24.8. The summed E-state index contributed by atoms with van der Waals surface area (Å²) in [6.45, 7) is 3.08. The number of fused-ring (bicyclic) bond motifs is 1. The molecule has 39 heavy (non-hydrogen) atoms. The second kappa shape index (κ2) is 10.7. The highest BCUT2D eigenvalue weighted by Gasteiger charge is 2.15. The molecule has 1 fully saturated rings. The van der Waals surface area contributed by atoms with E-state index >= 15 is 0 Å². The Hall–Kier alpha value is -4.55. The lowest BCUT2D eigenvalue weighted by molar-refractivity contribution is 0.122. The van der Waals surface area contributed by atoms with E-state index in [0.29, 0.717) is 29.8 Å². The van der Waals surface area contributed by atoms with Crippen molar-refractivity contribution in [2.45, 2.75) is 0 Å². The van der Waals surface area contributed by atoms with Crippen LogP contribution in [0, 0.1) is 5.82 Å². The molecule has 0 spiro atoms. The number of hydrogen-bond donors (Lipinski definition) is 2. The number of pyridine rings is 1. The highest BCUT2D eigenvalue weighted by Crippen LogP contribution is 2.31. The van der Waals surface area contributed by atoms with Crippen LogP contribution >= 0.6 is 11.3 Å². The van der Waals surface area contributed by atoms with E-state index in [0.717, 1.165) is 34.6 Å². The minimum atomic E-state index is -0.636. The van der Waals surface area contributed by atoms with Gasteiger partial charge in [0.1, 0.15) is 17.3 Å². The number of anilines is 3. The van der Waals surface area contributed by atoms with Gasteiger partial charge in [-0.05, 0) is 36.4 Å². The van der Waals surface area contributed by atoms with Crippen molar-refractivity contribution in [3.63, 3.8) is 0 Å². The highest BCUT2D eigenvalue weighted by atomic mass is 32.1. The minimum Gasteiger partial charge on any atom is -0.457 e. The number of halogens is 1. The van der Waals surface area contributed by atoms with Crippen molar-refractivity contribution in [3.05, 3.63) is 72.9 Å². The number of nitrogens with one attached hydrogen (secondary N) is 2. The molecule has 1 aliphatic rings. The van der Waals surface area contributed by atoms with E-state index in [2.05, 4.69) is 36.7 Å². The standard InChI is InChI=1S/C27H24FN7O3S/c1-34-16-17(15-30-34)24-14-20(6-7-29-24)38-19-3-5-22(21(28)13-19)31-26(36)33-27-32-23-4-2-18(12-25(23)39-27)35-8-10-37-11-9-35/h2-7,12-16H,8-11H2,1H3,(H2,31,32,33,36). The number of rotatable bonds is 6. The molecular formula is C27H24FN7O3S. The number of morpholine rings is 1. The average Bonchev–Trinajstić information content (AvgIpc) is 3.56. The average molecular weight is 546 g/mol. The summed E-state index contributed by atoms with van der Waals surface area (Å²) in [6.07, 6.45) is 5.16. The normalized spacial score (nSPS) is 13.4. The van der Waals surface area contributed by atoms with E-state index in [9.17, 15) is 9.18 Å². The maximum atomic E-state index is 14.8. The molecule has 2 aromatic carbocycles. The third-order valence-electron chi connectivity index (χ3n) is 6.13. The Balaban J connectivity index is 1.10. The van der Waals surface area contributed by atoms with Gasteiger partial charge in [0.25, 0.3) is 0 Å². The van der Waals surface area contributed by atoms with Crippen LogP contribution < -0.4 is 20.3 Å². The summed E-state index contributed by atoms with van der Waals surface area (Å²) in [7, 11) is 1.82. The van der Waals surface area contributed by atoms with Gasteiger partial charge >= 0.3 is 6.03 Å². The molecule has 2 amide bonds. The SMILES string of the molecule is Cn1cc(-c2cc(Oc3ccc(NC(=O)Nc4nc5ccc(N6CCOCC6)cc5s4)c(F)c3)ccn2)cn1. The molecule has 0 atom stereocenters. The zero-order chi connectivity index (χ0) is 26.8. The van der Waals surface area contributed by atoms with E-state index in [1.165, 1.54) is 23.5 Å². The molecule has 1 aliphatic heterocycles. The van der Waals surface area contributed by atoms with Gasteiger partial charge in [-0.2, -0.15) is 5.10 Å². The molecule has 0 radical (unpaired) electrons. The molecular weight excluding hydrogens is 521 g/mol. The fraction of sp³-hybridized carbons (Fsp3) is 0.185. The quantitative estimate of drug-likeness (QED) is 0.290. The first-order chi connectivity index (χ1) is 19.0. The van der Waals surface area contributed by atoms with Gasteiger partial charge in [0.2, 0.25) is 0 Å². The van der Waals surface area contributed by atoms with Crippen LogP contribution in [0.4, 0.5) is 25.7 Å². The lowest BCUT2D eigenvalue weighted by Gasteiger charge is -2.28. The number of urea groups is 1. The van der Waals surface area contributed by atoms with Crippen molar-refractivity contribution in [1.82, 2.24) is 19.7 Å². The number of carbonyl (C=O) groups excluding carboxylic acids is 1. The molecule has 3 aromatic heterocycles. The minimum absolute atomic E-state index is 0.0151. The summed E-state index contributed by atoms with van der Waals surface area (Å²) in [5.41, 5.74) is 3.41. The van der Waals surface area contributed by atoms with Crippen LogP contribution in [0.25, 0.3) is 21.5 Å². The second-order valence-corrected chi connectivity index (χ2v) is 9.90. The van der Waals surface area contributed by atoms with Crippen molar-refractivity contribution in [1.29, 1.82) is 0 Å².